The first kappa shape index (κ1) is 25.3. The van der Waals surface area contributed by atoms with E-state index in [1.165, 1.54) is 0 Å². The average molecular weight is 468 g/mol. The van der Waals surface area contributed by atoms with Gasteiger partial charge in [0.2, 0.25) is 17.7 Å². The first-order chi connectivity index (χ1) is 15.4. The van der Waals surface area contributed by atoms with Crippen molar-refractivity contribution in [3.05, 3.63) is 0 Å². The highest BCUT2D eigenvalue weighted by Crippen LogP contribution is 2.71. The second-order valence-electron chi connectivity index (χ2n) is 9.83. The lowest BCUT2D eigenvalue weighted by atomic mass is 9.66. The highest BCUT2D eigenvalue weighted by atomic mass is 32.2. The number of hydrogen-bond donors (Lipinski definition) is 3. The summed E-state index contributed by atoms with van der Waals surface area (Å²) < 4.78 is -0.826. The number of nitrogens with one attached hydrogen (secondary N) is 2. The quantitative estimate of drug-likeness (QED) is 0.362. The Morgan fingerprint density at radius 1 is 1.03 bits per heavy atom. The first-order valence-electron chi connectivity index (χ1n) is 12.5. The molecule has 5 atom stereocenters. The number of aliphatic hydroxyl groups excluding tert-OH is 1. The number of thioether (sulfide) groups is 1. The van der Waals surface area contributed by atoms with E-state index in [4.69, 9.17) is 5.11 Å². The molecule has 2 bridgehead atoms. The van der Waals surface area contributed by atoms with Crippen LogP contribution < -0.4 is 10.6 Å². The van der Waals surface area contributed by atoms with Crippen molar-refractivity contribution >= 4 is 29.5 Å². The van der Waals surface area contributed by atoms with Crippen molar-refractivity contribution in [3.63, 3.8) is 0 Å². The van der Waals surface area contributed by atoms with E-state index in [9.17, 15) is 14.4 Å². The zero-order chi connectivity index (χ0) is 23.4. The molecular weight excluding hydrogens is 426 g/mol. The van der Waals surface area contributed by atoms with Gasteiger partial charge in [-0.15, -0.1) is 11.8 Å². The van der Waals surface area contributed by atoms with Gasteiger partial charge in [-0.1, -0.05) is 26.7 Å². The lowest BCUT2D eigenvalue weighted by molar-refractivity contribution is -0.140. The van der Waals surface area contributed by atoms with Gasteiger partial charge in [0.25, 0.3) is 0 Å². The number of carbonyl (C=O) groups is 3. The van der Waals surface area contributed by atoms with Crippen LogP contribution in [0.3, 0.4) is 0 Å². The van der Waals surface area contributed by atoms with E-state index in [1.807, 2.05) is 6.92 Å². The molecule has 3 amide bonds. The number of amides is 3. The molecule has 0 aromatic rings. The third-order valence-corrected chi connectivity index (χ3v) is 9.48. The van der Waals surface area contributed by atoms with E-state index >= 15 is 0 Å². The fourth-order valence-electron chi connectivity index (χ4n) is 5.98. The molecule has 3 N–H and O–H groups in total. The summed E-state index contributed by atoms with van der Waals surface area (Å²) in [5, 5.41) is 15.2. The number of unbranched alkanes of at least 4 members (excludes halogenated alkanes) is 4. The molecule has 3 fully saturated rings. The molecule has 1 spiro atoms. The van der Waals surface area contributed by atoms with Crippen LogP contribution >= 0.6 is 11.8 Å². The van der Waals surface area contributed by atoms with Crippen LogP contribution in [0.25, 0.3) is 0 Å². The van der Waals surface area contributed by atoms with Crippen molar-refractivity contribution in [2.24, 2.45) is 11.8 Å². The maximum atomic E-state index is 13.8. The van der Waals surface area contributed by atoms with Crippen molar-refractivity contribution in [2.75, 3.05) is 26.2 Å². The van der Waals surface area contributed by atoms with Crippen molar-refractivity contribution in [3.8, 4) is 0 Å². The van der Waals surface area contributed by atoms with Crippen molar-refractivity contribution in [1.29, 1.82) is 0 Å². The van der Waals surface area contributed by atoms with Gasteiger partial charge >= 0.3 is 0 Å². The number of carbonyl (C=O) groups excluding carboxylic acids is 3. The standard InChI is InChI=1S/C24H41N3O4S/c1-4-6-8-14-26-21(30)19-24-12-11-23(3,32-24)17(20(29)25-13-5-2)18(24)22(31)27(19)15-9-7-10-16-28/h17-19,28H,4-16H2,1-3H3,(H,25,29)(H,26,30)/t17-,18-,19?,23+,24?/m0/s1. The van der Waals surface area contributed by atoms with E-state index in [1.54, 1.807) is 16.7 Å². The number of likely N-dealkylation sites (tertiary alicyclic amines) is 1. The van der Waals surface area contributed by atoms with Crippen molar-refractivity contribution in [1.82, 2.24) is 15.5 Å². The molecule has 8 heteroatoms. The van der Waals surface area contributed by atoms with Crippen LogP contribution in [0.1, 0.15) is 78.6 Å². The summed E-state index contributed by atoms with van der Waals surface area (Å²) >= 11 is 1.73. The minimum Gasteiger partial charge on any atom is -0.396 e. The normalized spacial score (nSPS) is 32.9. The number of fused-ring (bicyclic) bond motifs is 1. The predicted octanol–water partition coefficient (Wildman–Crippen LogP) is 2.46. The third-order valence-electron chi connectivity index (χ3n) is 7.49. The summed E-state index contributed by atoms with van der Waals surface area (Å²) in [6.07, 6.45) is 7.84. The van der Waals surface area contributed by atoms with Crippen LogP contribution in [0.5, 0.6) is 0 Å². The van der Waals surface area contributed by atoms with Gasteiger partial charge in [-0.2, -0.15) is 0 Å². The first-order valence-corrected chi connectivity index (χ1v) is 13.3. The van der Waals surface area contributed by atoms with Crippen LogP contribution in [-0.2, 0) is 14.4 Å². The van der Waals surface area contributed by atoms with Gasteiger partial charge in [-0.25, -0.2) is 0 Å². The summed E-state index contributed by atoms with van der Waals surface area (Å²) in [6.45, 7) is 8.13. The highest BCUT2D eigenvalue weighted by molar-refractivity contribution is 8.02. The summed E-state index contributed by atoms with van der Waals surface area (Å²) in [5.41, 5.74) is 0. The molecule has 3 aliphatic heterocycles. The molecule has 3 heterocycles. The van der Waals surface area contributed by atoms with E-state index in [0.29, 0.717) is 26.1 Å². The van der Waals surface area contributed by atoms with Crippen LogP contribution in [-0.4, -0.2) is 69.5 Å². The van der Waals surface area contributed by atoms with Gasteiger partial charge in [-0.3, -0.25) is 14.4 Å². The van der Waals surface area contributed by atoms with Crippen LogP contribution in [0.2, 0.25) is 0 Å². The second kappa shape index (κ2) is 10.8. The SMILES string of the molecule is CCCCCNC(=O)C1N(CCCCCO)C(=O)[C@@H]2[C@@H](C(=O)NCCC)[C@@]3(C)CCC12S3. The monoisotopic (exact) mass is 467 g/mol. The fourth-order valence-corrected chi connectivity index (χ4v) is 8.34. The largest absolute Gasteiger partial charge is 0.396 e. The Morgan fingerprint density at radius 2 is 1.78 bits per heavy atom. The molecule has 0 aliphatic carbocycles. The lowest BCUT2D eigenvalue weighted by Crippen LogP contribution is -2.54. The Morgan fingerprint density at radius 3 is 2.47 bits per heavy atom. The lowest BCUT2D eigenvalue weighted by Gasteiger charge is -2.34. The Hall–Kier alpha value is -1.28. The molecule has 182 valence electrons. The number of aliphatic hydroxyl groups is 1. The zero-order valence-corrected chi connectivity index (χ0v) is 20.8. The van der Waals surface area contributed by atoms with E-state index in [0.717, 1.165) is 51.4 Å². The van der Waals surface area contributed by atoms with Gasteiger partial charge in [0, 0.05) is 31.0 Å². The van der Waals surface area contributed by atoms with Gasteiger partial charge in [0.05, 0.1) is 16.6 Å². The Bertz CT molecular complexity index is 705. The average Bonchev–Trinajstić information content (AvgIpc) is 3.33. The number of hydrogen-bond acceptors (Lipinski definition) is 5. The zero-order valence-electron chi connectivity index (χ0n) is 20.0. The van der Waals surface area contributed by atoms with E-state index in [2.05, 4.69) is 24.5 Å². The molecule has 3 rings (SSSR count). The number of rotatable bonds is 13. The summed E-state index contributed by atoms with van der Waals surface area (Å²) in [6, 6.07) is -0.522. The minimum atomic E-state index is -0.522. The molecule has 3 aliphatic rings. The van der Waals surface area contributed by atoms with Gasteiger partial charge in [0.1, 0.15) is 6.04 Å². The smallest absolute Gasteiger partial charge is 0.244 e. The van der Waals surface area contributed by atoms with Crippen molar-refractivity contribution < 1.29 is 19.5 Å². The Kier molecular flexibility index (Phi) is 8.53. The Labute approximate surface area is 196 Å². The molecule has 0 radical (unpaired) electrons. The minimum absolute atomic E-state index is 0.0321. The molecular formula is C24H41N3O4S. The predicted molar refractivity (Wildman–Crippen MR) is 127 cm³/mol. The van der Waals surface area contributed by atoms with E-state index < -0.39 is 22.6 Å². The second-order valence-corrected chi connectivity index (χ2v) is 11.7. The maximum absolute atomic E-state index is 13.8. The molecule has 7 nitrogen and oxygen atoms in total. The molecule has 0 aromatic heterocycles. The molecule has 2 unspecified atom stereocenters. The maximum Gasteiger partial charge on any atom is 0.244 e. The van der Waals surface area contributed by atoms with E-state index in [-0.39, 0.29) is 29.1 Å². The van der Waals surface area contributed by atoms with Gasteiger partial charge in [0.15, 0.2) is 0 Å². The van der Waals surface area contributed by atoms with Crippen LogP contribution in [0.4, 0.5) is 0 Å². The Balaban J connectivity index is 1.86. The van der Waals surface area contributed by atoms with Crippen LogP contribution in [0.15, 0.2) is 0 Å². The fraction of sp³-hybridized carbons (Fsp3) is 0.875. The third kappa shape index (κ3) is 4.54. The summed E-state index contributed by atoms with van der Waals surface area (Å²) in [5.74, 6) is -0.961. The highest BCUT2D eigenvalue weighted by Gasteiger charge is 2.76. The van der Waals surface area contributed by atoms with Gasteiger partial charge < -0.3 is 20.6 Å². The van der Waals surface area contributed by atoms with Gasteiger partial charge in [-0.05, 0) is 51.9 Å². The summed E-state index contributed by atoms with van der Waals surface area (Å²) in [4.78, 5) is 42.2. The molecule has 32 heavy (non-hydrogen) atoms. The summed E-state index contributed by atoms with van der Waals surface area (Å²) in [7, 11) is 0. The van der Waals surface area contributed by atoms with Crippen LogP contribution in [0, 0.1) is 11.8 Å². The number of nitrogens with zero attached hydrogens (tertiary/aromatic N) is 1. The topological polar surface area (TPSA) is 98.7 Å². The molecule has 0 saturated carbocycles. The van der Waals surface area contributed by atoms with Crippen molar-refractivity contribution in [2.45, 2.75) is 94.1 Å². The molecule has 3 saturated heterocycles. The molecule has 0 aromatic carbocycles.